The maximum Gasteiger partial charge on any atom is 0.409 e. The van der Waals surface area contributed by atoms with E-state index in [1.165, 1.54) is 6.07 Å². The van der Waals surface area contributed by atoms with Crippen molar-refractivity contribution < 1.29 is 28.2 Å². The topological polar surface area (TPSA) is 129 Å². The number of amides is 1. The van der Waals surface area contributed by atoms with Crippen LogP contribution in [-0.4, -0.2) is 55.2 Å². The SMILES string of the molecule is O=C(O)Nc1cc(N2CCS(=O)(=O)c3cc(OCCCO)ccc3C2)nc2ccccc12. The fourth-order valence-electron chi connectivity index (χ4n) is 3.66. The molecule has 1 amide bonds. The third-order valence-electron chi connectivity index (χ3n) is 5.20. The van der Waals surface area contributed by atoms with Crippen LogP contribution >= 0.6 is 0 Å². The summed E-state index contributed by atoms with van der Waals surface area (Å²) in [5, 5.41) is 21.2. The van der Waals surface area contributed by atoms with E-state index in [-0.39, 0.29) is 23.8 Å². The standard InChI is InChI=1S/C22H23N3O6S/c26-9-3-10-31-16-7-6-15-14-25(8-11-32(29,30)20(15)12-16)21-13-19(24-22(27)28)17-4-1-2-5-18(17)23-21/h1-2,4-7,12-13,26H,3,8-11,14H2,(H,23,24)(H,27,28). The summed E-state index contributed by atoms with van der Waals surface area (Å²) in [5.74, 6) is 0.806. The molecule has 0 unspecified atom stereocenters. The molecule has 1 aliphatic heterocycles. The van der Waals surface area contributed by atoms with Crippen LogP contribution in [0.2, 0.25) is 0 Å². The molecule has 9 nitrogen and oxygen atoms in total. The van der Waals surface area contributed by atoms with Crippen molar-refractivity contribution in [2.24, 2.45) is 0 Å². The van der Waals surface area contributed by atoms with Crippen LogP contribution in [0.15, 0.2) is 53.4 Å². The number of hydrogen-bond donors (Lipinski definition) is 3. The lowest BCUT2D eigenvalue weighted by Crippen LogP contribution is -2.26. The van der Waals surface area contributed by atoms with Gasteiger partial charge >= 0.3 is 6.09 Å². The van der Waals surface area contributed by atoms with Gasteiger partial charge < -0.3 is 19.8 Å². The van der Waals surface area contributed by atoms with Crippen LogP contribution in [0.25, 0.3) is 10.9 Å². The Hall–Kier alpha value is -3.37. The molecule has 3 aromatic rings. The van der Waals surface area contributed by atoms with E-state index >= 15 is 0 Å². The smallest absolute Gasteiger partial charge is 0.409 e. The molecule has 4 rings (SSSR count). The lowest BCUT2D eigenvalue weighted by Gasteiger charge is -2.23. The number of aliphatic hydroxyl groups is 1. The van der Waals surface area contributed by atoms with Crippen molar-refractivity contribution in [2.75, 3.05) is 35.7 Å². The number of ether oxygens (including phenoxy) is 1. The number of aromatic nitrogens is 1. The summed E-state index contributed by atoms with van der Waals surface area (Å²) < 4.78 is 31.4. The summed E-state index contributed by atoms with van der Waals surface area (Å²) in [5.41, 5.74) is 1.60. The van der Waals surface area contributed by atoms with Crippen LogP contribution in [0.1, 0.15) is 12.0 Å². The second-order valence-corrected chi connectivity index (χ2v) is 9.49. The maximum absolute atomic E-state index is 12.9. The fourth-order valence-corrected chi connectivity index (χ4v) is 5.17. The molecule has 0 atom stereocenters. The molecule has 0 radical (unpaired) electrons. The second-order valence-electron chi connectivity index (χ2n) is 7.41. The van der Waals surface area contributed by atoms with Gasteiger partial charge in [-0.1, -0.05) is 24.3 Å². The van der Waals surface area contributed by atoms with Crippen molar-refractivity contribution in [3.63, 3.8) is 0 Å². The van der Waals surface area contributed by atoms with Crippen molar-refractivity contribution in [1.82, 2.24) is 4.98 Å². The van der Waals surface area contributed by atoms with Crippen LogP contribution < -0.4 is 15.0 Å². The average molecular weight is 458 g/mol. The molecular formula is C22H23N3O6S. The van der Waals surface area contributed by atoms with Gasteiger partial charge in [-0.2, -0.15) is 0 Å². The molecule has 168 valence electrons. The van der Waals surface area contributed by atoms with E-state index in [0.29, 0.717) is 53.3 Å². The lowest BCUT2D eigenvalue weighted by atomic mass is 10.1. The van der Waals surface area contributed by atoms with E-state index in [4.69, 9.17) is 9.84 Å². The largest absolute Gasteiger partial charge is 0.493 e. The second kappa shape index (κ2) is 9.01. The van der Waals surface area contributed by atoms with Gasteiger partial charge in [-0.15, -0.1) is 0 Å². The highest BCUT2D eigenvalue weighted by Gasteiger charge is 2.27. The highest BCUT2D eigenvalue weighted by atomic mass is 32.2. The van der Waals surface area contributed by atoms with Gasteiger partial charge in [0, 0.05) is 37.6 Å². The number of para-hydroxylation sites is 1. The monoisotopic (exact) mass is 457 g/mol. The van der Waals surface area contributed by atoms with E-state index < -0.39 is 15.9 Å². The van der Waals surface area contributed by atoms with E-state index in [0.717, 1.165) is 0 Å². The molecule has 1 aliphatic rings. The molecule has 0 saturated heterocycles. The third kappa shape index (κ3) is 4.61. The zero-order chi connectivity index (χ0) is 22.7. The summed E-state index contributed by atoms with van der Waals surface area (Å²) >= 11 is 0. The van der Waals surface area contributed by atoms with Gasteiger partial charge in [-0.3, -0.25) is 5.32 Å². The zero-order valence-corrected chi connectivity index (χ0v) is 18.0. The molecule has 10 heteroatoms. The van der Waals surface area contributed by atoms with E-state index in [9.17, 15) is 18.3 Å². The molecule has 0 saturated carbocycles. The minimum Gasteiger partial charge on any atom is -0.493 e. The summed E-state index contributed by atoms with van der Waals surface area (Å²) in [6.45, 7) is 0.788. The van der Waals surface area contributed by atoms with Crippen LogP contribution in [0.4, 0.5) is 16.3 Å². The minimum atomic E-state index is -3.55. The van der Waals surface area contributed by atoms with Gasteiger partial charge in [0.05, 0.1) is 28.5 Å². The Morgan fingerprint density at radius 2 is 2.00 bits per heavy atom. The number of anilines is 2. The van der Waals surface area contributed by atoms with Gasteiger partial charge in [0.25, 0.3) is 0 Å². The highest BCUT2D eigenvalue weighted by molar-refractivity contribution is 7.91. The Bertz CT molecular complexity index is 1260. The van der Waals surface area contributed by atoms with Crippen molar-refractivity contribution in [2.45, 2.75) is 17.9 Å². The van der Waals surface area contributed by atoms with Crippen molar-refractivity contribution in [3.8, 4) is 5.75 Å². The predicted molar refractivity (Wildman–Crippen MR) is 120 cm³/mol. The molecule has 3 N–H and O–H groups in total. The molecule has 0 fully saturated rings. The summed E-state index contributed by atoms with van der Waals surface area (Å²) in [6.07, 6.45) is -0.734. The van der Waals surface area contributed by atoms with Gasteiger partial charge in [0.2, 0.25) is 0 Å². The number of carboxylic acid groups (broad SMARTS) is 1. The average Bonchev–Trinajstić information content (AvgIpc) is 2.89. The first kappa shape index (κ1) is 21.8. The van der Waals surface area contributed by atoms with Crippen LogP contribution in [0, 0.1) is 0 Å². The predicted octanol–water partition coefficient (Wildman–Crippen LogP) is 2.88. The van der Waals surface area contributed by atoms with E-state index in [1.807, 2.05) is 11.0 Å². The Balaban J connectivity index is 1.71. The first-order valence-electron chi connectivity index (χ1n) is 10.1. The number of pyridine rings is 1. The molecule has 0 bridgehead atoms. The maximum atomic E-state index is 12.9. The van der Waals surface area contributed by atoms with Crippen molar-refractivity contribution in [3.05, 3.63) is 54.1 Å². The van der Waals surface area contributed by atoms with Crippen LogP contribution in [0.5, 0.6) is 5.75 Å². The molecular weight excluding hydrogens is 434 g/mol. The number of sulfone groups is 1. The number of hydrogen-bond acceptors (Lipinski definition) is 7. The van der Waals surface area contributed by atoms with Gasteiger partial charge in [0.1, 0.15) is 11.6 Å². The molecule has 32 heavy (non-hydrogen) atoms. The normalized spacial score (nSPS) is 15.1. The lowest BCUT2D eigenvalue weighted by molar-refractivity contribution is 0.210. The molecule has 0 aliphatic carbocycles. The Morgan fingerprint density at radius 1 is 1.19 bits per heavy atom. The number of benzene rings is 2. The number of nitrogens with one attached hydrogen (secondary N) is 1. The molecule has 2 aromatic carbocycles. The number of carbonyl (C=O) groups is 1. The first-order chi connectivity index (χ1) is 15.4. The van der Waals surface area contributed by atoms with Gasteiger partial charge in [-0.25, -0.2) is 18.2 Å². The Kier molecular flexibility index (Phi) is 6.15. The number of aliphatic hydroxyl groups excluding tert-OH is 1. The van der Waals surface area contributed by atoms with Gasteiger partial charge in [-0.05, 0) is 23.8 Å². The number of nitrogens with zero attached hydrogens (tertiary/aromatic N) is 2. The Morgan fingerprint density at radius 3 is 2.78 bits per heavy atom. The zero-order valence-electron chi connectivity index (χ0n) is 17.2. The van der Waals surface area contributed by atoms with Crippen LogP contribution in [-0.2, 0) is 16.4 Å². The number of fused-ring (bicyclic) bond motifs is 2. The third-order valence-corrected chi connectivity index (χ3v) is 6.97. The molecule has 2 heterocycles. The minimum absolute atomic E-state index is 0.00428. The van der Waals surface area contributed by atoms with Crippen molar-refractivity contribution >= 4 is 38.3 Å². The highest BCUT2D eigenvalue weighted by Crippen LogP contribution is 2.32. The summed E-state index contributed by atoms with van der Waals surface area (Å²) in [6, 6.07) is 13.7. The van der Waals surface area contributed by atoms with Gasteiger partial charge in [0.15, 0.2) is 9.84 Å². The quantitative estimate of drug-likeness (QED) is 0.482. The van der Waals surface area contributed by atoms with Crippen LogP contribution in [0.3, 0.4) is 0 Å². The van der Waals surface area contributed by atoms with E-state index in [2.05, 4.69) is 10.3 Å². The van der Waals surface area contributed by atoms with E-state index in [1.54, 1.807) is 36.4 Å². The summed E-state index contributed by atoms with van der Waals surface area (Å²) in [4.78, 5) is 18.0. The Labute approximate surface area is 185 Å². The van der Waals surface area contributed by atoms with Crippen molar-refractivity contribution in [1.29, 1.82) is 0 Å². The fraction of sp³-hybridized carbons (Fsp3) is 0.273. The molecule has 0 spiro atoms. The number of rotatable bonds is 6. The molecule has 1 aromatic heterocycles. The first-order valence-corrected chi connectivity index (χ1v) is 11.8. The summed E-state index contributed by atoms with van der Waals surface area (Å²) in [7, 11) is -3.55.